The van der Waals surface area contributed by atoms with Gasteiger partial charge in [0.25, 0.3) is 11.8 Å². The average Bonchev–Trinajstić information content (AvgIpc) is 3.07. The van der Waals surface area contributed by atoms with Gasteiger partial charge in [0.1, 0.15) is 0 Å². The molecule has 0 radical (unpaired) electrons. The molecule has 1 aromatic heterocycles. The summed E-state index contributed by atoms with van der Waals surface area (Å²) in [4.78, 5) is 33.5. The van der Waals surface area contributed by atoms with Gasteiger partial charge in [0.15, 0.2) is 0 Å². The first kappa shape index (κ1) is 31.3. The van der Waals surface area contributed by atoms with E-state index >= 15 is 0 Å². The van der Waals surface area contributed by atoms with E-state index in [4.69, 9.17) is 0 Å². The number of fused-ring (bicyclic) bond motifs is 1. The van der Waals surface area contributed by atoms with Crippen molar-refractivity contribution in [2.24, 2.45) is 11.8 Å². The normalized spacial score (nSPS) is 18.0. The molecule has 2 fully saturated rings. The number of anilines is 2. The molecule has 46 heavy (non-hydrogen) atoms. The lowest BCUT2D eigenvalue weighted by Gasteiger charge is -2.42. The number of halogens is 3. The quantitative estimate of drug-likeness (QED) is 0.217. The van der Waals surface area contributed by atoms with Gasteiger partial charge in [-0.05, 0) is 91.8 Å². The van der Waals surface area contributed by atoms with Crippen LogP contribution in [0.5, 0.6) is 0 Å². The molecule has 238 valence electrons. The van der Waals surface area contributed by atoms with Crippen LogP contribution in [0.3, 0.4) is 0 Å². The summed E-state index contributed by atoms with van der Waals surface area (Å²) in [6.45, 7) is 3.82. The van der Waals surface area contributed by atoms with E-state index < -0.39 is 17.6 Å². The summed E-state index contributed by atoms with van der Waals surface area (Å²) >= 11 is 0. The molecule has 1 unspecified atom stereocenters. The Morgan fingerprint density at radius 2 is 1.65 bits per heavy atom. The summed E-state index contributed by atoms with van der Waals surface area (Å²) in [6, 6.07) is 21.4. The fourth-order valence-corrected chi connectivity index (χ4v) is 6.73. The zero-order valence-electron chi connectivity index (χ0n) is 25.7. The molecule has 1 saturated carbocycles. The van der Waals surface area contributed by atoms with Gasteiger partial charge in [-0.3, -0.25) is 14.6 Å². The third-order valence-electron chi connectivity index (χ3n) is 9.19. The van der Waals surface area contributed by atoms with E-state index in [2.05, 4.69) is 20.5 Å². The van der Waals surface area contributed by atoms with E-state index in [1.54, 1.807) is 18.2 Å². The number of aryl methyl sites for hydroxylation is 1. The highest BCUT2D eigenvalue weighted by molar-refractivity contribution is 6.06. The number of alkyl halides is 3. The second-order valence-electron chi connectivity index (χ2n) is 12.4. The minimum absolute atomic E-state index is 0.0647. The lowest BCUT2D eigenvalue weighted by atomic mass is 9.75. The molecule has 9 heteroatoms. The van der Waals surface area contributed by atoms with Gasteiger partial charge >= 0.3 is 6.18 Å². The van der Waals surface area contributed by atoms with Gasteiger partial charge in [-0.25, -0.2) is 0 Å². The Kier molecular flexibility index (Phi) is 9.10. The Bertz CT molecular complexity index is 1740. The highest BCUT2D eigenvalue weighted by Crippen LogP contribution is 2.39. The van der Waals surface area contributed by atoms with Crippen molar-refractivity contribution < 1.29 is 22.8 Å². The maximum Gasteiger partial charge on any atom is 0.416 e. The predicted octanol–water partition coefficient (Wildman–Crippen LogP) is 8.27. The summed E-state index contributed by atoms with van der Waals surface area (Å²) < 4.78 is 39.5. The Balaban J connectivity index is 1.27. The van der Waals surface area contributed by atoms with E-state index in [0.29, 0.717) is 39.6 Å². The van der Waals surface area contributed by atoms with Crippen LogP contribution in [0.4, 0.5) is 24.5 Å². The van der Waals surface area contributed by atoms with Crippen LogP contribution in [0.25, 0.3) is 11.3 Å². The topological polar surface area (TPSA) is 74.3 Å². The number of benzene rings is 3. The van der Waals surface area contributed by atoms with Gasteiger partial charge in [-0.2, -0.15) is 13.2 Å². The lowest BCUT2D eigenvalue weighted by molar-refractivity contribution is -0.137. The number of rotatable bonds is 7. The van der Waals surface area contributed by atoms with Gasteiger partial charge < -0.3 is 15.5 Å². The summed E-state index contributed by atoms with van der Waals surface area (Å²) in [5.41, 5.74) is 4.17. The Hall–Kier alpha value is -4.66. The average molecular weight is 627 g/mol. The molecule has 3 aromatic carbocycles. The smallest absolute Gasteiger partial charge is 0.371 e. The minimum Gasteiger partial charge on any atom is -0.371 e. The molecule has 6 nitrogen and oxygen atoms in total. The lowest BCUT2D eigenvalue weighted by Crippen LogP contribution is -2.41. The minimum atomic E-state index is -4.46. The zero-order chi connectivity index (χ0) is 32.3. The summed E-state index contributed by atoms with van der Waals surface area (Å²) in [5.74, 6) is 0.761. The molecule has 4 aromatic rings. The van der Waals surface area contributed by atoms with Crippen molar-refractivity contribution in [1.29, 1.82) is 0 Å². The number of carbonyl (C=O) groups excluding carboxylic acids is 2. The van der Waals surface area contributed by atoms with E-state index in [1.165, 1.54) is 44.0 Å². The van der Waals surface area contributed by atoms with Crippen molar-refractivity contribution in [3.05, 3.63) is 113 Å². The fraction of sp³-hybridized carbons (Fsp3) is 0.324. The molecule has 1 aliphatic carbocycles. The number of amides is 2. The van der Waals surface area contributed by atoms with Crippen LogP contribution >= 0.6 is 0 Å². The molecule has 2 heterocycles. The SMILES string of the molecule is Cc1cccc(C(=O)Nc2ccc(N3CCC4CCCC[C@@H]4C3)cc2-c2cc(C(=O)NCc3cccc(C(F)(F)F)c3)ccn2)c1. The Labute approximate surface area is 267 Å². The number of hydrogen-bond donors (Lipinski definition) is 2. The molecule has 2 aliphatic rings. The van der Waals surface area contributed by atoms with Gasteiger partial charge in [-0.1, -0.05) is 49.1 Å². The van der Waals surface area contributed by atoms with Crippen molar-refractivity contribution in [2.75, 3.05) is 23.3 Å². The van der Waals surface area contributed by atoms with Gasteiger partial charge in [-0.15, -0.1) is 0 Å². The molecular weight excluding hydrogens is 589 g/mol. The number of hydrogen-bond acceptors (Lipinski definition) is 4. The van der Waals surface area contributed by atoms with Crippen LogP contribution in [0.2, 0.25) is 0 Å². The zero-order valence-corrected chi connectivity index (χ0v) is 25.7. The maximum absolute atomic E-state index is 13.3. The van der Waals surface area contributed by atoms with Crippen molar-refractivity contribution in [2.45, 2.75) is 51.7 Å². The fourth-order valence-electron chi connectivity index (χ4n) is 6.73. The molecule has 6 rings (SSSR count). The van der Waals surface area contributed by atoms with E-state index in [1.807, 2.05) is 43.3 Å². The highest BCUT2D eigenvalue weighted by atomic mass is 19.4. The van der Waals surface area contributed by atoms with Crippen LogP contribution in [0, 0.1) is 18.8 Å². The molecule has 2 amide bonds. The van der Waals surface area contributed by atoms with Gasteiger partial charge in [0.2, 0.25) is 0 Å². The summed E-state index contributed by atoms with van der Waals surface area (Å²) in [7, 11) is 0. The Morgan fingerprint density at radius 3 is 2.46 bits per heavy atom. The number of nitrogens with one attached hydrogen (secondary N) is 2. The first-order valence-electron chi connectivity index (χ1n) is 15.8. The molecule has 0 spiro atoms. The monoisotopic (exact) mass is 626 g/mol. The van der Waals surface area contributed by atoms with E-state index in [-0.39, 0.29) is 12.5 Å². The summed E-state index contributed by atoms with van der Waals surface area (Å²) in [6.07, 6.45) is 3.37. The van der Waals surface area contributed by atoms with Gasteiger partial charge in [0, 0.05) is 48.2 Å². The van der Waals surface area contributed by atoms with Gasteiger partial charge in [0.05, 0.1) is 16.9 Å². The predicted molar refractivity (Wildman–Crippen MR) is 174 cm³/mol. The third-order valence-corrected chi connectivity index (χ3v) is 9.19. The first-order chi connectivity index (χ1) is 22.1. The molecular formula is C37H37F3N4O2. The summed E-state index contributed by atoms with van der Waals surface area (Å²) in [5, 5.41) is 5.77. The van der Waals surface area contributed by atoms with Crippen molar-refractivity contribution in [1.82, 2.24) is 10.3 Å². The molecule has 0 bridgehead atoms. The van der Waals surface area contributed by atoms with Crippen molar-refractivity contribution in [3.8, 4) is 11.3 Å². The van der Waals surface area contributed by atoms with Crippen molar-refractivity contribution in [3.63, 3.8) is 0 Å². The largest absolute Gasteiger partial charge is 0.416 e. The standard InChI is InChI=1S/C37H37F3N4O2/c1-24-6-4-10-27(18-24)36(46)43-33-13-12-31(44-17-15-26-8-2-3-9-29(26)23-44)21-32(33)34-20-28(14-16-41-34)35(45)42-22-25-7-5-11-30(19-25)37(38,39)40/h4-7,10-14,16,18-21,26,29H,2-3,8-9,15,17,22-23H2,1H3,(H,42,45)(H,43,46)/t26?,29-/m1/s1. The first-order valence-corrected chi connectivity index (χ1v) is 15.8. The Morgan fingerprint density at radius 1 is 0.870 bits per heavy atom. The number of pyridine rings is 1. The second kappa shape index (κ2) is 13.4. The van der Waals surface area contributed by atoms with Crippen LogP contribution in [0.1, 0.15) is 69.5 Å². The van der Waals surface area contributed by atoms with E-state index in [9.17, 15) is 22.8 Å². The van der Waals surface area contributed by atoms with Crippen LogP contribution in [0.15, 0.2) is 85.1 Å². The molecule has 2 atom stereocenters. The number of nitrogens with zero attached hydrogens (tertiary/aromatic N) is 2. The van der Waals surface area contributed by atoms with Crippen LogP contribution in [-0.4, -0.2) is 29.9 Å². The van der Waals surface area contributed by atoms with Crippen LogP contribution < -0.4 is 15.5 Å². The third kappa shape index (κ3) is 7.25. The molecule has 1 aliphatic heterocycles. The molecule has 1 saturated heterocycles. The van der Waals surface area contributed by atoms with E-state index in [0.717, 1.165) is 48.8 Å². The highest BCUT2D eigenvalue weighted by Gasteiger charge is 2.32. The van der Waals surface area contributed by atoms with Crippen LogP contribution in [-0.2, 0) is 12.7 Å². The maximum atomic E-state index is 13.3. The number of carbonyl (C=O) groups is 2. The van der Waals surface area contributed by atoms with Crippen molar-refractivity contribution >= 4 is 23.2 Å². The molecule has 2 N–H and O–H groups in total. The number of piperidine rings is 1. The second-order valence-corrected chi connectivity index (χ2v) is 12.4. The number of aromatic nitrogens is 1.